The Morgan fingerprint density at radius 1 is 0.200 bits per heavy atom. The van der Waals surface area contributed by atoms with Gasteiger partial charge < -0.3 is 18.3 Å². The second-order valence-electron chi connectivity index (χ2n) is 29.5. The zero-order valence-corrected chi connectivity index (χ0v) is 60.7. The van der Waals surface area contributed by atoms with Gasteiger partial charge in [-0.25, -0.2) is 0 Å². The van der Waals surface area contributed by atoms with Crippen LogP contribution in [0.2, 0.25) is 0 Å². The van der Waals surface area contributed by atoms with E-state index in [2.05, 4.69) is 407 Å². The molecule has 0 amide bonds. The molecule has 0 atom stereocenters. The molecule has 5 heteroatoms. The van der Waals surface area contributed by atoms with Gasteiger partial charge in [-0.05, 0) is 222 Å². The van der Waals surface area contributed by atoms with E-state index in [9.17, 15) is 0 Å². The van der Waals surface area contributed by atoms with Gasteiger partial charge in [-0.15, -0.1) is 11.3 Å². The number of nitrogens with zero attached hydrogens (tertiary/aromatic N) is 4. The minimum absolute atomic E-state index is 0.970. The van der Waals surface area contributed by atoms with Crippen molar-refractivity contribution in [1.29, 1.82) is 0 Å². The number of hydrogen-bond donors (Lipinski definition) is 0. The third-order valence-electron chi connectivity index (χ3n) is 23.4. The highest BCUT2D eigenvalue weighted by molar-refractivity contribution is 7.26. The molecule has 0 fully saturated rings. The second kappa shape index (κ2) is 24.7. The van der Waals surface area contributed by atoms with E-state index in [0.29, 0.717) is 0 Å². The third kappa shape index (κ3) is 9.78. The number of benzene rings is 18. The van der Waals surface area contributed by atoms with Crippen LogP contribution >= 0.6 is 11.3 Å². The molecule has 0 unspecified atom stereocenters. The summed E-state index contributed by atoms with van der Waals surface area (Å²) in [6.07, 6.45) is 0.970. The van der Waals surface area contributed by atoms with Crippen LogP contribution in [-0.4, -0.2) is 18.3 Å². The Morgan fingerprint density at radius 2 is 0.573 bits per heavy atom. The molecule has 1 aliphatic rings. The molecular formula is C105H66N4S. The van der Waals surface area contributed by atoms with Crippen LogP contribution in [0.5, 0.6) is 0 Å². The topological polar surface area (TPSA) is 19.7 Å². The second-order valence-corrected chi connectivity index (χ2v) is 30.5. The lowest BCUT2D eigenvalue weighted by atomic mass is 9.96. The van der Waals surface area contributed by atoms with Gasteiger partial charge in [0.2, 0.25) is 0 Å². The molecule has 5 aromatic heterocycles. The molecule has 1 aliphatic carbocycles. The first-order valence-electron chi connectivity index (χ1n) is 38.0. The molecule has 110 heavy (non-hydrogen) atoms. The van der Waals surface area contributed by atoms with Crippen LogP contribution in [0.3, 0.4) is 0 Å². The Kier molecular flexibility index (Phi) is 14.0. The van der Waals surface area contributed by atoms with E-state index in [-0.39, 0.29) is 0 Å². The maximum Gasteiger partial charge on any atom is 0.0555 e. The van der Waals surface area contributed by atoms with Gasteiger partial charge >= 0.3 is 0 Å². The average Bonchev–Trinajstić information content (AvgIpc) is 1.56. The minimum atomic E-state index is 0.970. The molecule has 0 radical (unpaired) electrons. The fourth-order valence-corrected chi connectivity index (χ4v) is 19.6. The van der Waals surface area contributed by atoms with Gasteiger partial charge in [-0.3, -0.25) is 0 Å². The fourth-order valence-electron chi connectivity index (χ4n) is 18.3. The van der Waals surface area contributed by atoms with Crippen LogP contribution < -0.4 is 0 Å². The van der Waals surface area contributed by atoms with Gasteiger partial charge in [0.15, 0.2) is 0 Å². The van der Waals surface area contributed by atoms with Crippen molar-refractivity contribution in [2.24, 2.45) is 0 Å². The van der Waals surface area contributed by atoms with E-state index < -0.39 is 0 Å². The Bertz CT molecular complexity index is 7720. The maximum atomic E-state index is 2.46. The summed E-state index contributed by atoms with van der Waals surface area (Å²) >= 11 is 1.90. The predicted molar refractivity (Wildman–Crippen MR) is 468 cm³/mol. The lowest BCUT2D eigenvalue weighted by Gasteiger charge is -2.11. The SMILES string of the molecule is c1ccc(-c2ccc(-n3c4ccc(-c5ccc6c(c5)c5ccccc5n6-c5ccc6ccccc6c5)cc4c4c5c(ccc43)Cc3ccccc3-5)cc2)cc1.c1ccc(-c2ccc(-n3c4ccc(-c5ccc6c(c5)c5ccccc5n6-c5ccc6ccccc6c5)cc4c4c5sc6ccccc6c5ccc43)cc2)cc1. The van der Waals surface area contributed by atoms with Crippen molar-refractivity contribution in [3.8, 4) is 78.4 Å². The van der Waals surface area contributed by atoms with Crippen LogP contribution in [-0.2, 0) is 6.42 Å². The summed E-state index contributed by atoms with van der Waals surface area (Å²) in [6.45, 7) is 0. The van der Waals surface area contributed by atoms with Crippen molar-refractivity contribution < 1.29 is 0 Å². The number of fused-ring (bicyclic) bond motifs is 22. The van der Waals surface area contributed by atoms with Crippen molar-refractivity contribution in [1.82, 2.24) is 18.3 Å². The zero-order valence-electron chi connectivity index (χ0n) is 59.9. The number of thiophene rings is 1. The normalized spacial score (nSPS) is 12.1. The minimum Gasteiger partial charge on any atom is -0.309 e. The summed E-state index contributed by atoms with van der Waals surface area (Å²) in [5, 5.41) is 17.9. The zero-order chi connectivity index (χ0) is 72.1. The van der Waals surface area contributed by atoms with Crippen LogP contribution in [0.15, 0.2) is 388 Å². The Hall–Kier alpha value is -14.1. The predicted octanol–water partition coefficient (Wildman–Crippen LogP) is 28.7. The largest absolute Gasteiger partial charge is 0.309 e. The summed E-state index contributed by atoms with van der Waals surface area (Å²) in [5.74, 6) is 0. The highest BCUT2D eigenvalue weighted by Gasteiger charge is 2.27. The lowest BCUT2D eigenvalue weighted by Crippen LogP contribution is -1.94. The molecule has 0 aliphatic heterocycles. The molecular weight excluding hydrogens is 1350 g/mol. The molecule has 0 saturated carbocycles. The van der Waals surface area contributed by atoms with Crippen molar-refractivity contribution in [3.63, 3.8) is 0 Å². The summed E-state index contributed by atoms with van der Waals surface area (Å²) in [6, 6.07) is 143. The first kappa shape index (κ1) is 62.1. The molecule has 0 saturated heterocycles. The Labute approximate surface area is 638 Å². The highest BCUT2D eigenvalue weighted by Crippen LogP contribution is 2.49. The molecule has 0 bridgehead atoms. The quantitative estimate of drug-likeness (QED) is 0.144. The Morgan fingerprint density at radius 3 is 1.12 bits per heavy atom. The molecule has 18 aromatic carbocycles. The van der Waals surface area contributed by atoms with E-state index in [0.717, 1.165) is 12.1 Å². The van der Waals surface area contributed by atoms with E-state index in [4.69, 9.17) is 0 Å². The number of para-hydroxylation sites is 2. The van der Waals surface area contributed by atoms with Crippen LogP contribution in [0.25, 0.3) is 207 Å². The summed E-state index contributed by atoms with van der Waals surface area (Å²) < 4.78 is 12.4. The molecule has 4 nitrogen and oxygen atoms in total. The van der Waals surface area contributed by atoms with Crippen molar-refractivity contribution in [2.45, 2.75) is 6.42 Å². The smallest absolute Gasteiger partial charge is 0.0555 e. The average molecular weight is 1420 g/mol. The van der Waals surface area contributed by atoms with Crippen molar-refractivity contribution >= 4 is 140 Å². The van der Waals surface area contributed by atoms with E-state index >= 15 is 0 Å². The molecule has 5 heterocycles. The first-order chi connectivity index (χ1) is 54.5. The van der Waals surface area contributed by atoms with Gasteiger partial charge in [-0.1, -0.05) is 261 Å². The summed E-state index contributed by atoms with van der Waals surface area (Å²) in [7, 11) is 0. The monoisotopic (exact) mass is 1410 g/mol. The first-order valence-corrected chi connectivity index (χ1v) is 38.8. The van der Waals surface area contributed by atoms with E-state index in [1.165, 1.54) is 213 Å². The van der Waals surface area contributed by atoms with Gasteiger partial charge in [0, 0.05) is 86.0 Å². The fraction of sp³-hybridized carbons (Fsp3) is 0.00952. The van der Waals surface area contributed by atoms with Crippen LogP contribution in [0, 0.1) is 0 Å². The van der Waals surface area contributed by atoms with E-state index in [1.807, 2.05) is 11.3 Å². The number of hydrogen-bond acceptors (Lipinski definition) is 1. The highest BCUT2D eigenvalue weighted by atomic mass is 32.1. The van der Waals surface area contributed by atoms with Crippen molar-refractivity contribution in [3.05, 3.63) is 399 Å². The third-order valence-corrected chi connectivity index (χ3v) is 24.6. The molecule has 512 valence electrons. The lowest BCUT2D eigenvalue weighted by molar-refractivity contribution is 1.18. The molecule has 0 N–H and O–H groups in total. The van der Waals surface area contributed by atoms with Gasteiger partial charge in [0.25, 0.3) is 0 Å². The number of aromatic nitrogens is 4. The molecule has 0 spiro atoms. The molecule has 23 aromatic rings. The van der Waals surface area contributed by atoms with Gasteiger partial charge in [-0.2, -0.15) is 0 Å². The van der Waals surface area contributed by atoms with Crippen molar-refractivity contribution in [2.75, 3.05) is 0 Å². The van der Waals surface area contributed by atoms with Gasteiger partial charge in [0.05, 0.1) is 44.1 Å². The summed E-state index contributed by atoms with van der Waals surface area (Å²) in [5.41, 5.74) is 29.8. The van der Waals surface area contributed by atoms with Crippen LogP contribution in [0.4, 0.5) is 0 Å². The van der Waals surface area contributed by atoms with E-state index in [1.54, 1.807) is 0 Å². The maximum absolute atomic E-state index is 2.46. The van der Waals surface area contributed by atoms with Crippen LogP contribution in [0.1, 0.15) is 11.1 Å². The molecule has 24 rings (SSSR count). The Balaban J connectivity index is 0.000000132. The number of rotatable bonds is 8. The standard InChI is InChI=1S/C53H34N2.C52H32N2S/c1-2-10-34(11-3-1)36-18-24-42(25-19-36)54-50-28-22-39(33-47(50)53-51(54)29-23-41-30-40-14-6-7-15-44(40)52(41)53)38-21-27-49-46(32-38)45-16-8-9-17-48(45)55(49)43-26-20-35-12-4-5-13-37(35)31-43;1-2-10-33(11-3-1)35-18-23-39(24-19-35)53-48-28-22-38(32-45(48)51-49(53)29-26-43-42-15-7-9-17-50(42)55-52(43)51)37-21-27-47-44(31-37)41-14-6-8-16-46(41)54(47)40-25-20-34-12-4-5-13-36(34)30-40/h1-29,31-33H,30H2;1-32H. The van der Waals surface area contributed by atoms with Gasteiger partial charge in [0.1, 0.15) is 0 Å². The summed E-state index contributed by atoms with van der Waals surface area (Å²) in [4.78, 5) is 0.